The van der Waals surface area contributed by atoms with Gasteiger partial charge in [-0.1, -0.05) is 167 Å². The predicted molar refractivity (Wildman–Crippen MR) is 204 cm³/mol. The molecule has 5 aromatic rings. The van der Waals surface area contributed by atoms with Gasteiger partial charge in [-0.05, 0) is 112 Å². The molecule has 5 aromatic carbocycles. The molecule has 0 spiro atoms. The van der Waals surface area contributed by atoms with Crippen LogP contribution in [0.25, 0.3) is 45.0 Å². The average Bonchev–Trinajstić information content (AvgIpc) is 3.53. The number of unbranched alkanes of at least 4 members (excludes halogenated alkanes) is 6. The molecule has 7 rings (SSSR count). The highest BCUT2D eigenvalue weighted by molar-refractivity contribution is 6.07. The number of hydrogen-bond acceptors (Lipinski definition) is 0. The number of benzene rings is 5. The Morgan fingerprint density at radius 2 is 1.00 bits per heavy atom. The fourth-order valence-electron chi connectivity index (χ4n) is 8.47. The summed E-state index contributed by atoms with van der Waals surface area (Å²) >= 11 is 0. The minimum Gasteiger partial charge on any atom is -0.0654 e. The van der Waals surface area contributed by atoms with Crippen LogP contribution in [-0.2, 0) is 5.41 Å². The normalized spacial score (nSPS) is 14.6. The summed E-state index contributed by atoms with van der Waals surface area (Å²) in [5.74, 6) is 0. The van der Waals surface area contributed by atoms with Gasteiger partial charge in [0.05, 0.1) is 0 Å². The highest BCUT2D eigenvalue weighted by atomic mass is 14.5. The lowest BCUT2D eigenvalue weighted by Gasteiger charge is -2.33. The third-order valence-corrected chi connectivity index (χ3v) is 10.9. The zero-order valence-corrected chi connectivity index (χ0v) is 29.0. The van der Waals surface area contributed by atoms with Crippen LogP contribution in [-0.4, -0.2) is 0 Å². The van der Waals surface area contributed by atoms with E-state index in [9.17, 15) is 0 Å². The summed E-state index contributed by atoms with van der Waals surface area (Å²) in [5.41, 5.74) is 19.5. The standard InChI is InChI=1S/C47H50/c1-5-7-9-14-26-47(27-15-10-8-6-2)45-29-34(4)19-23-40(45)41-25-21-37(32-46(41)47)36-20-24-39-38-22-18-33(3)28-42(38)43(44(39)31-36)30-35-16-12-11-13-17-35/h11-13,16-25,28-32H,5-10,14-15,26-27H2,1-4H3/b43-30+. The van der Waals surface area contributed by atoms with Gasteiger partial charge in [-0.25, -0.2) is 0 Å². The smallest absolute Gasteiger partial charge is 0.0215 e. The molecule has 0 atom stereocenters. The first-order valence-corrected chi connectivity index (χ1v) is 18.3. The van der Waals surface area contributed by atoms with Crippen molar-refractivity contribution in [3.8, 4) is 33.4 Å². The molecule has 0 saturated carbocycles. The summed E-state index contributed by atoms with van der Waals surface area (Å²) < 4.78 is 0. The number of rotatable bonds is 12. The molecule has 0 saturated heterocycles. The van der Waals surface area contributed by atoms with Crippen molar-refractivity contribution in [3.05, 3.63) is 142 Å². The fourth-order valence-corrected chi connectivity index (χ4v) is 8.47. The maximum atomic E-state index is 2.60. The molecule has 238 valence electrons. The van der Waals surface area contributed by atoms with E-state index in [0.717, 1.165) is 0 Å². The Morgan fingerprint density at radius 1 is 0.468 bits per heavy atom. The Morgan fingerprint density at radius 3 is 1.66 bits per heavy atom. The van der Waals surface area contributed by atoms with Gasteiger partial charge in [-0.3, -0.25) is 0 Å². The van der Waals surface area contributed by atoms with E-state index in [4.69, 9.17) is 0 Å². The molecule has 0 radical (unpaired) electrons. The van der Waals surface area contributed by atoms with Gasteiger partial charge in [0.2, 0.25) is 0 Å². The van der Waals surface area contributed by atoms with Gasteiger partial charge in [0.15, 0.2) is 0 Å². The SMILES string of the molecule is CCCCCCC1(CCCCCC)c2cc(C)ccc2-c2ccc(-c3ccc4c(c3)/C(=C/c3ccccc3)c3cc(C)ccc3-4)cc21. The first-order chi connectivity index (χ1) is 23.0. The van der Waals surface area contributed by atoms with Crippen LogP contribution >= 0.6 is 0 Å². The van der Waals surface area contributed by atoms with Crippen LogP contribution in [0.15, 0.2) is 103 Å². The summed E-state index contributed by atoms with van der Waals surface area (Å²) in [6, 6.07) is 39.6. The summed E-state index contributed by atoms with van der Waals surface area (Å²) in [6.45, 7) is 9.13. The van der Waals surface area contributed by atoms with Gasteiger partial charge in [0, 0.05) is 5.41 Å². The van der Waals surface area contributed by atoms with E-state index < -0.39 is 0 Å². The Kier molecular flexibility index (Phi) is 9.05. The minimum absolute atomic E-state index is 0.0943. The molecule has 0 unspecified atom stereocenters. The first kappa shape index (κ1) is 31.4. The molecule has 47 heavy (non-hydrogen) atoms. The first-order valence-electron chi connectivity index (χ1n) is 18.3. The Hall–Kier alpha value is -4.16. The molecular weight excluding hydrogens is 565 g/mol. The topological polar surface area (TPSA) is 0 Å². The monoisotopic (exact) mass is 614 g/mol. The van der Waals surface area contributed by atoms with Gasteiger partial charge in [0.25, 0.3) is 0 Å². The number of aryl methyl sites for hydroxylation is 2. The minimum atomic E-state index is 0.0943. The van der Waals surface area contributed by atoms with Gasteiger partial charge in [-0.2, -0.15) is 0 Å². The van der Waals surface area contributed by atoms with E-state index in [1.807, 2.05) is 0 Å². The maximum Gasteiger partial charge on any atom is 0.0215 e. The van der Waals surface area contributed by atoms with Gasteiger partial charge >= 0.3 is 0 Å². The van der Waals surface area contributed by atoms with Crippen molar-refractivity contribution in [3.63, 3.8) is 0 Å². The largest absolute Gasteiger partial charge is 0.0654 e. The Bertz CT molecular complexity index is 1910. The second-order valence-corrected chi connectivity index (χ2v) is 14.3. The zero-order valence-electron chi connectivity index (χ0n) is 29.0. The molecule has 0 fully saturated rings. The molecule has 0 aliphatic heterocycles. The molecule has 2 aliphatic rings. The van der Waals surface area contributed by atoms with Crippen LogP contribution < -0.4 is 0 Å². The summed E-state index contributed by atoms with van der Waals surface area (Å²) in [6.07, 6.45) is 15.3. The van der Waals surface area contributed by atoms with Crippen LogP contribution in [0, 0.1) is 13.8 Å². The van der Waals surface area contributed by atoms with Crippen molar-refractivity contribution in [2.75, 3.05) is 0 Å². The summed E-state index contributed by atoms with van der Waals surface area (Å²) in [4.78, 5) is 0. The van der Waals surface area contributed by atoms with Crippen LogP contribution in [0.3, 0.4) is 0 Å². The lowest BCUT2D eigenvalue weighted by atomic mass is 9.70. The van der Waals surface area contributed by atoms with Crippen molar-refractivity contribution in [1.82, 2.24) is 0 Å². The second-order valence-electron chi connectivity index (χ2n) is 14.3. The van der Waals surface area contributed by atoms with Gasteiger partial charge in [-0.15, -0.1) is 0 Å². The lowest BCUT2D eigenvalue weighted by molar-refractivity contribution is 0.401. The molecule has 0 nitrogen and oxygen atoms in total. The number of fused-ring (bicyclic) bond motifs is 6. The summed E-state index contributed by atoms with van der Waals surface area (Å²) in [7, 11) is 0. The van der Waals surface area contributed by atoms with E-state index in [0.29, 0.717) is 0 Å². The lowest BCUT2D eigenvalue weighted by Crippen LogP contribution is -2.25. The third-order valence-electron chi connectivity index (χ3n) is 10.9. The molecule has 0 amide bonds. The van der Waals surface area contributed by atoms with E-state index in [1.165, 1.54) is 131 Å². The van der Waals surface area contributed by atoms with Gasteiger partial charge in [0.1, 0.15) is 0 Å². The Labute approximate surface area is 283 Å². The Balaban J connectivity index is 1.34. The zero-order chi connectivity index (χ0) is 32.4. The molecule has 0 heterocycles. The van der Waals surface area contributed by atoms with Crippen LogP contribution in [0.1, 0.15) is 117 Å². The van der Waals surface area contributed by atoms with Crippen LogP contribution in [0.2, 0.25) is 0 Å². The van der Waals surface area contributed by atoms with E-state index in [1.54, 1.807) is 11.1 Å². The highest BCUT2D eigenvalue weighted by Gasteiger charge is 2.42. The molecular formula is C47H50. The highest BCUT2D eigenvalue weighted by Crippen LogP contribution is 2.55. The van der Waals surface area contributed by atoms with Crippen molar-refractivity contribution in [2.24, 2.45) is 0 Å². The number of hydrogen-bond donors (Lipinski definition) is 0. The second kappa shape index (κ2) is 13.5. The molecule has 0 bridgehead atoms. The van der Waals surface area contributed by atoms with Crippen molar-refractivity contribution < 1.29 is 0 Å². The molecule has 0 N–H and O–H groups in total. The predicted octanol–water partition coefficient (Wildman–Crippen LogP) is 13.7. The average molecular weight is 615 g/mol. The molecule has 0 heteroatoms. The fraction of sp³-hybridized carbons (Fsp3) is 0.319. The summed E-state index contributed by atoms with van der Waals surface area (Å²) in [5, 5.41) is 0. The van der Waals surface area contributed by atoms with Crippen molar-refractivity contribution in [2.45, 2.75) is 97.3 Å². The van der Waals surface area contributed by atoms with E-state index in [-0.39, 0.29) is 5.41 Å². The van der Waals surface area contributed by atoms with Gasteiger partial charge < -0.3 is 0 Å². The van der Waals surface area contributed by atoms with Crippen LogP contribution in [0.5, 0.6) is 0 Å². The van der Waals surface area contributed by atoms with Crippen molar-refractivity contribution in [1.29, 1.82) is 0 Å². The molecule has 0 aromatic heterocycles. The van der Waals surface area contributed by atoms with Crippen molar-refractivity contribution >= 4 is 11.6 Å². The van der Waals surface area contributed by atoms with Crippen LogP contribution in [0.4, 0.5) is 0 Å². The third kappa shape index (κ3) is 5.93. The maximum absolute atomic E-state index is 2.60. The molecule has 2 aliphatic carbocycles. The van der Waals surface area contributed by atoms with E-state index >= 15 is 0 Å². The van der Waals surface area contributed by atoms with E-state index in [2.05, 4.69) is 137 Å². The quantitative estimate of drug-likeness (QED) is 0.120.